The number of carbonyl (C=O) groups is 1. The first-order valence-corrected chi connectivity index (χ1v) is 3.45. The first-order chi connectivity index (χ1) is 5.92. The maximum atomic E-state index is 10.5. The highest BCUT2D eigenvalue weighted by atomic mass is 16.5. The number of rotatable bonds is 2. The van der Waals surface area contributed by atoms with Crippen LogP contribution in [-0.4, -0.2) is 16.4 Å². The zero-order valence-corrected chi connectivity index (χ0v) is 6.15. The molecule has 2 heterocycles. The van der Waals surface area contributed by atoms with E-state index >= 15 is 0 Å². The van der Waals surface area contributed by atoms with Crippen LogP contribution in [0.4, 0.5) is 0 Å². The standard InChI is InChI=1S/C8H6N2O2/c11-5-7-4-10-12-8(7)6-1-2-9-3-6/h1-5,9H. The highest BCUT2D eigenvalue weighted by Crippen LogP contribution is 2.20. The van der Waals surface area contributed by atoms with Gasteiger partial charge < -0.3 is 9.51 Å². The Hall–Kier alpha value is -1.84. The average molecular weight is 162 g/mol. The molecule has 1 N–H and O–H groups in total. The van der Waals surface area contributed by atoms with Crippen LogP contribution in [0.3, 0.4) is 0 Å². The van der Waals surface area contributed by atoms with Crippen LogP contribution < -0.4 is 0 Å². The quantitative estimate of drug-likeness (QED) is 0.680. The van der Waals surface area contributed by atoms with Crippen molar-refractivity contribution in [1.29, 1.82) is 0 Å². The summed E-state index contributed by atoms with van der Waals surface area (Å²) in [5.74, 6) is 0.506. The van der Waals surface area contributed by atoms with Gasteiger partial charge in [-0.05, 0) is 6.07 Å². The highest BCUT2D eigenvalue weighted by molar-refractivity contribution is 5.84. The van der Waals surface area contributed by atoms with E-state index in [2.05, 4.69) is 10.1 Å². The molecule has 2 aromatic heterocycles. The number of nitrogens with one attached hydrogen (secondary N) is 1. The van der Waals surface area contributed by atoms with Crippen molar-refractivity contribution in [3.05, 3.63) is 30.2 Å². The molecular weight excluding hydrogens is 156 g/mol. The summed E-state index contributed by atoms with van der Waals surface area (Å²) in [7, 11) is 0. The van der Waals surface area contributed by atoms with Gasteiger partial charge in [-0.2, -0.15) is 0 Å². The third-order valence-electron chi connectivity index (χ3n) is 1.59. The second kappa shape index (κ2) is 2.65. The molecule has 0 atom stereocenters. The molecule has 0 unspecified atom stereocenters. The summed E-state index contributed by atoms with van der Waals surface area (Å²) in [5, 5.41) is 3.53. The van der Waals surface area contributed by atoms with Crippen molar-refractivity contribution < 1.29 is 9.32 Å². The van der Waals surface area contributed by atoms with Crippen LogP contribution in [0.1, 0.15) is 10.4 Å². The molecule has 0 aliphatic heterocycles. The van der Waals surface area contributed by atoms with Crippen molar-refractivity contribution in [3.8, 4) is 11.3 Å². The van der Waals surface area contributed by atoms with Crippen LogP contribution in [-0.2, 0) is 0 Å². The van der Waals surface area contributed by atoms with Gasteiger partial charge in [0.05, 0.1) is 11.8 Å². The van der Waals surface area contributed by atoms with Gasteiger partial charge >= 0.3 is 0 Å². The van der Waals surface area contributed by atoms with Crippen LogP contribution in [0.5, 0.6) is 0 Å². The fraction of sp³-hybridized carbons (Fsp3) is 0. The monoisotopic (exact) mass is 162 g/mol. The lowest BCUT2D eigenvalue weighted by Crippen LogP contribution is -1.77. The van der Waals surface area contributed by atoms with Crippen molar-refractivity contribution in [3.63, 3.8) is 0 Å². The summed E-state index contributed by atoms with van der Waals surface area (Å²) in [6.07, 6.45) is 5.62. The number of nitrogens with zero attached hydrogens (tertiary/aromatic N) is 1. The van der Waals surface area contributed by atoms with E-state index in [1.165, 1.54) is 6.20 Å². The zero-order chi connectivity index (χ0) is 8.39. The van der Waals surface area contributed by atoms with Gasteiger partial charge in [-0.25, -0.2) is 0 Å². The van der Waals surface area contributed by atoms with Gasteiger partial charge in [0, 0.05) is 18.0 Å². The van der Waals surface area contributed by atoms with Crippen LogP contribution >= 0.6 is 0 Å². The summed E-state index contributed by atoms with van der Waals surface area (Å²) < 4.78 is 4.90. The predicted octanol–water partition coefficient (Wildman–Crippen LogP) is 1.48. The third-order valence-corrected chi connectivity index (χ3v) is 1.59. The number of hydrogen-bond donors (Lipinski definition) is 1. The lowest BCUT2D eigenvalue weighted by Gasteiger charge is -1.87. The lowest BCUT2D eigenvalue weighted by molar-refractivity contribution is 0.112. The van der Waals surface area contributed by atoms with Crippen LogP contribution in [0, 0.1) is 0 Å². The lowest BCUT2D eigenvalue weighted by atomic mass is 10.2. The van der Waals surface area contributed by atoms with E-state index in [0.29, 0.717) is 11.3 Å². The minimum atomic E-state index is 0.467. The van der Waals surface area contributed by atoms with Gasteiger partial charge in [0.1, 0.15) is 0 Å². The second-order valence-corrected chi connectivity index (χ2v) is 2.33. The molecule has 0 saturated carbocycles. The van der Waals surface area contributed by atoms with Crippen LogP contribution in [0.25, 0.3) is 11.3 Å². The molecule has 0 aliphatic rings. The van der Waals surface area contributed by atoms with Crippen LogP contribution in [0.15, 0.2) is 29.2 Å². The van der Waals surface area contributed by atoms with E-state index in [1.54, 1.807) is 12.4 Å². The first kappa shape index (κ1) is 6.84. The van der Waals surface area contributed by atoms with E-state index in [0.717, 1.165) is 11.8 Å². The molecule has 0 aromatic carbocycles. The molecule has 0 aliphatic carbocycles. The summed E-state index contributed by atoms with van der Waals surface area (Å²) in [6.45, 7) is 0. The van der Waals surface area contributed by atoms with E-state index in [4.69, 9.17) is 4.52 Å². The summed E-state index contributed by atoms with van der Waals surface area (Å²) >= 11 is 0. The molecule has 0 fully saturated rings. The summed E-state index contributed by atoms with van der Waals surface area (Å²) in [5.41, 5.74) is 1.30. The smallest absolute Gasteiger partial charge is 0.178 e. The fourth-order valence-electron chi connectivity index (χ4n) is 1.02. The minimum Gasteiger partial charge on any atom is -0.367 e. The molecule has 60 valence electrons. The van der Waals surface area contributed by atoms with Crippen molar-refractivity contribution in [2.45, 2.75) is 0 Å². The molecule has 4 heteroatoms. The maximum absolute atomic E-state index is 10.5. The van der Waals surface area contributed by atoms with Gasteiger partial charge in [0.2, 0.25) is 0 Å². The van der Waals surface area contributed by atoms with Crippen molar-refractivity contribution in [2.75, 3.05) is 0 Å². The van der Waals surface area contributed by atoms with E-state index < -0.39 is 0 Å². The molecule has 0 bridgehead atoms. The van der Waals surface area contributed by atoms with Crippen molar-refractivity contribution in [1.82, 2.24) is 10.1 Å². The highest BCUT2D eigenvalue weighted by Gasteiger charge is 2.09. The number of aromatic amines is 1. The molecule has 0 radical (unpaired) electrons. The van der Waals surface area contributed by atoms with Crippen molar-refractivity contribution >= 4 is 6.29 Å². The van der Waals surface area contributed by atoms with Gasteiger partial charge in [0.25, 0.3) is 0 Å². The normalized spacial score (nSPS) is 10.0. The molecule has 2 rings (SSSR count). The third kappa shape index (κ3) is 0.934. The molecule has 0 spiro atoms. The topological polar surface area (TPSA) is 58.9 Å². The Balaban J connectivity index is 2.53. The molecule has 0 saturated heterocycles. The van der Waals surface area contributed by atoms with E-state index in [-0.39, 0.29) is 0 Å². The van der Waals surface area contributed by atoms with Gasteiger partial charge in [-0.15, -0.1) is 0 Å². The Morgan fingerprint density at radius 2 is 2.50 bits per heavy atom. The molecule has 2 aromatic rings. The Bertz CT molecular complexity index is 375. The van der Waals surface area contributed by atoms with Gasteiger partial charge in [-0.3, -0.25) is 4.79 Å². The molecule has 4 nitrogen and oxygen atoms in total. The molecule has 12 heavy (non-hydrogen) atoms. The summed E-state index contributed by atoms with van der Waals surface area (Å²) in [4.78, 5) is 13.3. The van der Waals surface area contributed by atoms with Crippen molar-refractivity contribution in [2.24, 2.45) is 0 Å². The number of hydrogen-bond acceptors (Lipinski definition) is 3. The average Bonchev–Trinajstić information content (AvgIpc) is 2.74. The Morgan fingerprint density at radius 3 is 3.17 bits per heavy atom. The number of carbonyl (C=O) groups excluding carboxylic acids is 1. The van der Waals surface area contributed by atoms with E-state index in [9.17, 15) is 4.79 Å². The Morgan fingerprint density at radius 1 is 1.58 bits per heavy atom. The molecule has 0 amide bonds. The maximum Gasteiger partial charge on any atom is 0.178 e. The minimum absolute atomic E-state index is 0.467. The molecular formula is C8H6N2O2. The second-order valence-electron chi connectivity index (χ2n) is 2.33. The Labute approximate surface area is 68.2 Å². The Kier molecular flexibility index (Phi) is 1.51. The van der Waals surface area contributed by atoms with Gasteiger partial charge in [0.15, 0.2) is 12.0 Å². The number of aromatic nitrogens is 2. The first-order valence-electron chi connectivity index (χ1n) is 3.45. The van der Waals surface area contributed by atoms with E-state index in [1.807, 2.05) is 6.07 Å². The fourth-order valence-corrected chi connectivity index (χ4v) is 1.02. The SMILES string of the molecule is O=Cc1cnoc1-c1cc[nH]c1. The van der Waals surface area contributed by atoms with Gasteiger partial charge in [-0.1, -0.05) is 5.16 Å². The summed E-state index contributed by atoms with van der Waals surface area (Å²) in [6, 6.07) is 1.81. The number of aldehydes is 1. The largest absolute Gasteiger partial charge is 0.367 e. The zero-order valence-electron chi connectivity index (χ0n) is 6.15. The predicted molar refractivity (Wildman–Crippen MR) is 41.7 cm³/mol. The number of H-pyrrole nitrogens is 1. The van der Waals surface area contributed by atoms with Crippen LogP contribution in [0.2, 0.25) is 0 Å².